The van der Waals surface area contributed by atoms with Crippen LogP contribution in [0.15, 0.2) is 46.1 Å². The number of hydrogen-bond donors (Lipinski definition) is 2. The van der Waals surface area contributed by atoms with Crippen molar-refractivity contribution < 1.29 is 9.21 Å². The Balaban J connectivity index is 2.04. The number of hydrogen-bond acceptors (Lipinski definition) is 6. The van der Waals surface area contributed by atoms with E-state index in [4.69, 9.17) is 14.9 Å². The van der Waals surface area contributed by atoms with Crippen LogP contribution in [0.2, 0.25) is 0 Å². The van der Waals surface area contributed by atoms with Gasteiger partial charge in [0.25, 0.3) is 5.91 Å². The van der Waals surface area contributed by atoms with E-state index in [1.807, 2.05) is 0 Å². The number of carbonyl (C=O) groups excluding carboxylic acids is 1. The van der Waals surface area contributed by atoms with Crippen molar-refractivity contribution in [2.24, 2.45) is 5.10 Å². The van der Waals surface area contributed by atoms with Gasteiger partial charge in [-0.25, -0.2) is 0 Å². The summed E-state index contributed by atoms with van der Waals surface area (Å²) >= 11 is 0. The molecule has 0 spiro atoms. The third-order valence-corrected chi connectivity index (χ3v) is 2.99. The molecule has 0 unspecified atom stereocenters. The smallest absolute Gasteiger partial charge is 0.251 e. The molecule has 0 atom stereocenters. The molecule has 1 heterocycles. The van der Waals surface area contributed by atoms with Gasteiger partial charge >= 0.3 is 0 Å². The van der Waals surface area contributed by atoms with E-state index in [1.165, 1.54) is 0 Å². The number of rotatable bonds is 5. The van der Waals surface area contributed by atoms with Crippen LogP contribution in [-0.4, -0.2) is 11.6 Å². The number of carbonyl (C=O) groups is 1. The molecule has 0 saturated carbocycles. The summed E-state index contributed by atoms with van der Waals surface area (Å²) in [7, 11) is 0. The van der Waals surface area contributed by atoms with Crippen LogP contribution in [0, 0.1) is 29.6 Å². The Morgan fingerprint density at radius 3 is 2.70 bits per heavy atom. The van der Waals surface area contributed by atoms with Gasteiger partial charge in [0.05, 0.1) is 18.5 Å². The molecule has 0 bridgehead atoms. The molecule has 1 amide bonds. The maximum absolute atomic E-state index is 12.1. The van der Waals surface area contributed by atoms with Gasteiger partial charge in [-0.2, -0.15) is 15.6 Å². The second-order valence-electron chi connectivity index (χ2n) is 4.59. The highest BCUT2D eigenvalue weighted by Crippen LogP contribution is 2.16. The maximum atomic E-state index is 12.1. The molecule has 1 aromatic heterocycles. The summed E-state index contributed by atoms with van der Waals surface area (Å²) in [6.07, 6.45) is 1.54. The van der Waals surface area contributed by atoms with E-state index in [1.54, 1.807) is 55.7 Å². The fourth-order valence-corrected chi connectivity index (χ4v) is 1.80. The average molecular weight is 307 g/mol. The molecule has 0 aliphatic heterocycles. The van der Waals surface area contributed by atoms with Crippen molar-refractivity contribution in [2.75, 3.05) is 5.43 Å². The lowest BCUT2D eigenvalue weighted by molar-refractivity contribution is 0.0948. The van der Waals surface area contributed by atoms with Crippen molar-refractivity contribution in [3.63, 3.8) is 0 Å². The second-order valence-corrected chi connectivity index (χ2v) is 4.59. The Morgan fingerprint density at radius 1 is 1.30 bits per heavy atom. The first kappa shape index (κ1) is 15.8. The molecule has 2 N–H and O–H groups in total. The normalized spacial score (nSPS) is 9.35. The molecule has 114 valence electrons. The van der Waals surface area contributed by atoms with Gasteiger partial charge < -0.3 is 9.73 Å². The molecule has 0 radical (unpaired) electrons. The van der Waals surface area contributed by atoms with E-state index in [0.717, 1.165) is 5.56 Å². The first-order valence-corrected chi connectivity index (χ1v) is 6.69. The first-order valence-electron chi connectivity index (χ1n) is 6.69. The van der Waals surface area contributed by atoms with Crippen molar-refractivity contribution in [1.82, 2.24) is 5.32 Å². The van der Waals surface area contributed by atoms with E-state index in [-0.39, 0.29) is 11.6 Å². The maximum Gasteiger partial charge on any atom is 0.251 e. The van der Waals surface area contributed by atoms with E-state index in [9.17, 15) is 4.79 Å². The summed E-state index contributed by atoms with van der Waals surface area (Å²) in [6, 6.07) is 11.8. The average Bonchev–Trinajstić information content (AvgIpc) is 3.08. The third-order valence-electron chi connectivity index (χ3n) is 2.99. The summed E-state index contributed by atoms with van der Waals surface area (Å²) < 4.78 is 5.15. The summed E-state index contributed by atoms with van der Waals surface area (Å²) in [5.74, 6) is 0.442. The number of anilines is 1. The molecular weight excluding hydrogens is 294 g/mol. The predicted octanol–water partition coefficient (Wildman–Crippen LogP) is 2.33. The minimum atomic E-state index is -0.273. The SMILES string of the molecule is Cc1cc(C(=O)NCc2ccco2)ccc1NN=C(C#N)C#N. The molecule has 2 aromatic rings. The lowest BCUT2D eigenvalue weighted by atomic mass is 10.1. The van der Waals surface area contributed by atoms with Gasteiger partial charge in [0, 0.05) is 5.56 Å². The molecule has 7 heteroatoms. The highest BCUT2D eigenvalue weighted by Gasteiger charge is 2.08. The zero-order valence-corrected chi connectivity index (χ0v) is 12.3. The Bertz CT molecular complexity index is 794. The van der Waals surface area contributed by atoms with Crippen LogP contribution in [-0.2, 0) is 6.54 Å². The monoisotopic (exact) mass is 307 g/mol. The highest BCUT2D eigenvalue weighted by atomic mass is 16.3. The number of benzene rings is 1. The van der Waals surface area contributed by atoms with Gasteiger partial charge in [-0.3, -0.25) is 10.2 Å². The Morgan fingerprint density at radius 2 is 2.09 bits per heavy atom. The molecule has 2 rings (SSSR count). The van der Waals surface area contributed by atoms with Crippen LogP contribution in [0.1, 0.15) is 21.7 Å². The van der Waals surface area contributed by atoms with Crippen LogP contribution in [0.3, 0.4) is 0 Å². The first-order chi connectivity index (χ1) is 11.1. The van der Waals surface area contributed by atoms with Gasteiger partial charge in [-0.05, 0) is 42.8 Å². The van der Waals surface area contributed by atoms with E-state index in [2.05, 4.69) is 15.8 Å². The fraction of sp³-hybridized carbons (Fsp3) is 0.125. The number of nitrogens with zero attached hydrogens (tertiary/aromatic N) is 3. The van der Waals surface area contributed by atoms with Crippen LogP contribution < -0.4 is 10.7 Å². The molecule has 23 heavy (non-hydrogen) atoms. The van der Waals surface area contributed by atoms with Gasteiger partial charge in [0.1, 0.15) is 17.9 Å². The quantitative estimate of drug-likeness (QED) is 0.650. The van der Waals surface area contributed by atoms with Gasteiger partial charge in [-0.1, -0.05) is 0 Å². The summed E-state index contributed by atoms with van der Waals surface area (Å²) in [5, 5.41) is 23.7. The molecule has 0 aliphatic carbocycles. The minimum Gasteiger partial charge on any atom is -0.467 e. The van der Waals surface area contributed by atoms with Gasteiger partial charge in [0.15, 0.2) is 0 Å². The lowest BCUT2D eigenvalue weighted by Gasteiger charge is -2.08. The number of nitriles is 2. The van der Waals surface area contributed by atoms with Crippen molar-refractivity contribution in [3.05, 3.63) is 53.5 Å². The predicted molar refractivity (Wildman–Crippen MR) is 83.3 cm³/mol. The number of amides is 1. The zero-order chi connectivity index (χ0) is 16.7. The van der Waals surface area contributed by atoms with E-state index in [0.29, 0.717) is 23.6 Å². The number of hydrazone groups is 1. The number of furan rings is 1. The minimum absolute atomic E-state index is 0.228. The van der Waals surface area contributed by atoms with Gasteiger partial charge in [0.2, 0.25) is 5.71 Å². The topological polar surface area (TPSA) is 114 Å². The number of aryl methyl sites for hydroxylation is 1. The summed E-state index contributed by atoms with van der Waals surface area (Å²) in [5.41, 5.74) is 4.21. The molecule has 0 aliphatic rings. The molecule has 1 aromatic carbocycles. The second kappa shape index (κ2) is 7.43. The lowest BCUT2D eigenvalue weighted by Crippen LogP contribution is -2.22. The van der Waals surface area contributed by atoms with Crippen LogP contribution in [0.5, 0.6) is 0 Å². The van der Waals surface area contributed by atoms with Crippen molar-refractivity contribution in [1.29, 1.82) is 10.5 Å². The van der Waals surface area contributed by atoms with Crippen molar-refractivity contribution in [3.8, 4) is 12.1 Å². The van der Waals surface area contributed by atoms with E-state index >= 15 is 0 Å². The van der Waals surface area contributed by atoms with Crippen LogP contribution in [0.4, 0.5) is 5.69 Å². The molecule has 0 fully saturated rings. The Labute approximate surface area is 132 Å². The van der Waals surface area contributed by atoms with E-state index < -0.39 is 0 Å². The van der Waals surface area contributed by atoms with Crippen molar-refractivity contribution >= 4 is 17.3 Å². The third kappa shape index (κ3) is 4.19. The number of nitrogens with one attached hydrogen (secondary N) is 2. The molecule has 7 nitrogen and oxygen atoms in total. The highest BCUT2D eigenvalue weighted by molar-refractivity contribution is 6.10. The molecule has 0 saturated heterocycles. The standard InChI is InChI=1S/C16H13N5O2/c1-11-7-12(16(22)19-10-14-3-2-6-23-14)4-5-15(11)21-20-13(8-17)9-18/h2-7,21H,10H2,1H3,(H,19,22). The fourth-order valence-electron chi connectivity index (χ4n) is 1.80. The Kier molecular flexibility index (Phi) is 5.11. The summed E-state index contributed by atoms with van der Waals surface area (Å²) in [6.45, 7) is 2.10. The van der Waals surface area contributed by atoms with Crippen LogP contribution >= 0.6 is 0 Å². The molecular formula is C16H13N5O2. The van der Waals surface area contributed by atoms with Gasteiger partial charge in [-0.15, -0.1) is 0 Å². The van der Waals surface area contributed by atoms with Crippen LogP contribution in [0.25, 0.3) is 0 Å². The zero-order valence-electron chi connectivity index (χ0n) is 12.3. The Hall–Kier alpha value is -3.58. The largest absolute Gasteiger partial charge is 0.467 e. The summed E-state index contributed by atoms with van der Waals surface area (Å²) in [4.78, 5) is 12.1. The van der Waals surface area contributed by atoms with Crippen molar-refractivity contribution in [2.45, 2.75) is 13.5 Å².